The molecule has 17 heavy (non-hydrogen) atoms. The van der Waals surface area contributed by atoms with Crippen LogP contribution < -0.4 is 10.6 Å². The highest BCUT2D eigenvalue weighted by atomic mass is 16.2. The number of amides is 1. The van der Waals surface area contributed by atoms with Crippen molar-refractivity contribution < 1.29 is 4.79 Å². The summed E-state index contributed by atoms with van der Waals surface area (Å²) >= 11 is 0. The molecule has 1 heterocycles. The van der Waals surface area contributed by atoms with Gasteiger partial charge in [-0.3, -0.25) is 4.79 Å². The van der Waals surface area contributed by atoms with E-state index >= 15 is 0 Å². The first kappa shape index (κ1) is 12.1. The SMILES string of the molecule is CCC[C@@H](N)C(=O)N1c2ccccc2CC1C. The Morgan fingerprint density at radius 1 is 1.53 bits per heavy atom. The van der Waals surface area contributed by atoms with Crippen LogP contribution in [-0.4, -0.2) is 18.0 Å². The maximum atomic E-state index is 12.3. The van der Waals surface area contributed by atoms with Crippen LogP contribution in [0, 0.1) is 0 Å². The van der Waals surface area contributed by atoms with Gasteiger partial charge in [0, 0.05) is 11.7 Å². The van der Waals surface area contributed by atoms with E-state index in [0.29, 0.717) is 0 Å². The predicted octanol–water partition coefficient (Wildman–Crippen LogP) is 2.09. The number of benzene rings is 1. The zero-order valence-electron chi connectivity index (χ0n) is 10.5. The lowest BCUT2D eigenvalue weighted by Crippen LogP contribution is -2.46. The number of anilines is 1. The Balaban J connectivity index is 2.24. The molecule has 0 saturated heterocycles. The van der Waals surface area contributed by atoms with Gasteiger partial charge in [0.15, 0.2) is 0 Å². The normalized spacial score (nSPS) is 20.2. The van der Waals surface area contributed by atoms with Crippen LogP contribution in [0.3, 0.4) is 0 Å². The van der Waals surface area contributed by atoms with Gasteiger partial charge in [-0.1, -0.05) is 31.5 Å². The van der Waals surface area contributed by atoms with Crippen LogP contribution in [-0.2, 0) is 11.2 Å². The number of carbonyl (C=O) groups is 1. The fourth-order valence-corrected chi connectivity index (χ4v) is 2.51. The van der Waals surface area contributed by atoms with Crippen molar-refractivity contribution >= 4 is 11.6 Å². The maximum absolute atomic E-state index is 12.3. The van der Waals surface area contributed by atoms with Gasteiger partial charge in [-0.2, -0.15) is 0 Å². The molecule has 2 atom stereocenters. The molecule has 0 spiro atoms. The van der Waals surface area contributed by atoms with E-state index in [1.165, 1.54) is 5.56 Å². The first-order valence-corrected chi connectivity index (χ1v) is 6.31. The van der Waals surface area contributed by atoms with Crippen molar-refractivity contribution in [1.82, 2.24) is 0 Å². The van der Waals surface area contributed by atoms with Gasteiger partial charge in [-0.15, -0.1) is 0 Å². The summed E-state index contributed by atoms with van der Waals surface area (Å²) in [6, 6.07) is 7.95. The van der Waals surface area contributed by atoms with Gasteiger partial charge in [0.25, 0.3) is 0 Å². The molecular weight excluding hydrogens is 212 g/mol. The molecule has 0 saturated carbocycles. The van der Waals surface area contributed by atoms with Crippen LogP contribution in [0.25, 0.3) is 0 Å². The molecule has 1 unspecified atom stereocenters. The third-order valence-corrected chi connectivity index (χ3v) is 3.36. The zero-order valence-corrected chi connectivity index (χ0v) is 10.5. The summed E-state index contributed by atoms with van der Waals surface area (Å²) in [6.45, 7) is 4.13. The molecular formula is C14H20N2O. The number of carbonyl (C=O) groups excluding carboxylic acids is 1. The average molecular weight is 232 g/mol. The fourth-order valence-electron chi connectivity index (χ4n) is 2.51. The summed E-state index contributed by atoms with van der Waals surface area (Å²) in [6.07, 6.45) is 2.63. The second-order valence-electron chi connectivity index (χ2n) is 4.79. The molecule has 2 rings (SSSR count). The van der Waals surface area contributed by atoms with Crippen LogP contribution in [0.2, 0.25) is 0 Å². The second kappa shape index (κ2) is 4.88. The molecule has 0 aromatic heterocycles. The molecule has 1 amide bonds. The number of para-hydroxylation sites is 1. The van der Waals surface area contributed by atoms with Gasteiger partial charge in [0.2, 0.25) is 5.91 Å². The van der Waals surface area contributed by atoms with E-state index in [1.807, 2.05) is 23.1 Å². The van der Waals surface area contributed by atoms with Crippen molar-refractivity contribution in [2.24, 2.45) is 5.73 Å². The Hall–Kier alpha value is -1.35. The molecule has 0 bridgehead atoms. The molecule has 3 heteroatoms. The van der Waals surface area contributed by atoms with Crippen molar-refractivity contribution in [1.29, 1.82) is 0 Å². The van der Waals surface area contributed by atoms with Gasteiger partial charge < -0.3 is 10.6 Å². The summed E-state index contributed by atoms with van der Waals surface area (Å²) in [5.41, 5.74) is 8.22. The first-order chi connectivity index (χ1) is 8.15. The number of nitrogens with two attached hydrogens (primary N) is 1. The van der Waals surface area contributed by atoms with Crippen molar-refractivity contribution in [3.8, 4) is 0 Å². The molecule has 1 aliphatic heterocycles. The molecule has 92 valence electrons. The van der Waals surface area contributed by atoms with Crippen molar-refractivity contribution in [3.05, 3.63) is 29.8 Å². The van der Waals surface area contributed by atoms with E-state index in [-0.39, 0.29) is 18.0 Å². The first-order valence-electron chi connectivity index (χ1n) is 6.31. The summed E-state index contributed by atoms with van der Waals surface area (Å²) in [5, 5.41) is 0. The Bertz CT molecular complexity index is 416. The van der Waals surface area contributed by atoms with E-state index in [0.717, 1.165) is 24.9 Å². The van der Waals surface area contributed by atoms with Crippen LogP contribution in [0.1, 0.15) is 32.3 Å². The van der Waals surface area contributed by atoms with Crippen LogP contribution in [0.5, 0.6) is 0 Å². The van der Waals surface area contributed by atoms with E-state index < -0.39 is 0 Å². The number of hydrogen-bond acceptors (Lipinski definition) is 2. The summed E-state index contributed by atoms with van der Waals surface area (Å²) in [7, 11) is 0. The monoisotopic (exact) mass is 232 g/mol. The van der Waals surface area contributed by atoms with Crippen LogP contribution in [0.4, 0.5) is 5.69 Å². The third kappa shape index (κ3) is 2.20. The maximum Gasteiger partial charge on any atom is 0.244 e. The Labute approximate surface area is 103 Å². The lowest BCUT2D eigenvalue weighted by Gasteiger charge is -2.25. The van der Waals surface area contributed by atoms with Crippen molar-refractivity contribution in [2.75, 3.05) is 4.90 Å². The Morgan fingerprint density at radius 2 is 2.24 bits per heavy atom. The molecule has 0 fully saturated rings. The molecule has 1 aromatic carbocycles. The van der Waals surface area contributed by atoms with Gasteiger partial charge in [0.1, 0.15) is 0 Å². The zero-order chi connectivity index (χ0) is 12.4. The van der Waals surface area contributed by atoms with Crippen LogP contribution >= 0.6 is 0 Å². The Morgan fingerprint density at radius 3 is 2.94 bits per heavy atom. The average Bonchev–Trinajstić information content (AvgIpc) is 2.64. The summed E-state index contributed by atoms with van der Waals surface area (Å²) in [4.78, 5) is 14.2. The number of rotatable bonds is 3. The molecule has 1 aromatic rings. The van der Waals surface area contributed by atoms with Crippen molar-refractivity contribution in [3.63, 3.8) is 0 Å². The van der Waals surface area contributed by atoms with E-state index in [9.17, 15) is 4.79 Å². The number of hydrogen-bond donors (Lipinski definition) is 1. The standard InChI is InChI=1S/C14H20N2O/c1-3-6-12(15)14(17)16-10(2)9-11-7-4-5-8-13(11)16/h4-5,7-8,10,12H,3,6,9,15H2,1-2H3/t10?,12-/m1/s1. The minimum absolute atomic E-state index is 0.0595. The van der Waals surface area contributed by atoms with Crippen LogP contribution in [0.15, 0.2) is 24.3 Å². The van der Waals surface area contributed by atoms with Gasteiger partial charge >= 0.3 is 0 Å². The largest absolute Gasteiger partial charge is 0.320 e. The Kier molecular flexibility index (Phi) is 3.48. The highest BCUT2D eigenvalue weighted by Gasteiger charge is 2.32. The van der Waals surface area contributed by atoms with E-state index in [1.54, 1.807) is 0 Å². The van der Waals surface area contributed by atoms with E-state index in [2.05, 4.69) is 19.9 Å². The molecule has 3 nitrogen and oxygen atoms in total. The van der Waals surface area contributed by atoms with E-state index in [4.69, 9.17) is 5.73 Å². The van der Waals surface area contributed by atoms with Gasteiger partial charge in [0.05, 0.1) is 6.04 Å². The minimum atomic E-state index is -0.367. The predicted molar refractivity (Wildman–Crippen MR) is 70.0 cm³/mol. The molecule has 2 N–H and O–H groups in total. The number of nitrogens with zero attached hydrogens (tertiary/aromatic N) is 1. The summed E-state index contributed by atoms with van der Waals surface area (Å²) < 4.78 is 0. The quantitative estimate of drug-likeness (QED) is 0.867. The topological polar surface area (TPSA) is 46.3 Å². The fraction of sp³-hybridized carbons (Fsp3) is 0.500. The van der Waals surface area contributed by atoms with Gasteiger partial charge in [-0.25, -0.2) is 0 Å². The highest BCUT2D eigenvalue weighted by Crippen LogP contribution is 2.32. The minimum Gasteiger partial charge on any atom is -0.320 e. The van der Waals surface area contributed by atoms with Crippen molar-refractivity contribution in [2.45, 2.75) is 45.2 Å². The molecule has 0 aliphatic carbocycles. The lowest BCUT2D eigenvalue weighted by atomic mass is 10.1. The highest BCUT2D eigenvalue weighted by molar-refractivity contribution is 5.99. The molecule has 1 aliphatic rings. The second-order valence-corrected chi connectivity index (χ2v) is 4.79. The summed E-state index contributed by atoms with van der Waals surface area (Å²) in [5.74, 6) is 0.0595. The third-order valence-electron chi connectivity index (χ3n) is 3.36. The number of fused-ring (bicyclic) bond motifs is 1. The smallest absolute Gasteiger partial charge is 0.244 e. The molecule has 0 radical (unpaired) electrons. The van der Waals surface area contributed by atoms with Gasteiger partial charge in [-0.05, 0) is 31.4 Å². The lowest BCUT2D eigenvalue weighted by molar-refractivity contribution is -0.120.